The number of carbonyl (C=O) groups excluding carboxylic acids is 1. The molecule has 20 heavy (non-hydrogen) atoms. The molecule has 2 heterocycles. The Bertz CT molecular complexity index is 659. The van der Waals surface area contributed by atoms with Crippen LogP contribution in [0.5, 0.6) is 0 Å². The summed E-state index contributed by atoms with van der Waals surface area (Å²) in [6.07, 6.45) is 3.53. The molecule has 1 aliphatic rings. The van der Waals surface area contributed by atoms with Crippen molar-refractivity contribution in [2.45, 2.75) is 25.3 Å². The van der Waals surface area contributed by atoms with Crippen LogP contribution in [-0.2, 0) is 11.3 Å². The molecule has 0 aromatic carbocycles. The molecule has 1 saturated carbocycles. The van der Waals surface area contributed by atoms with E-state index < -0.39 is 5.97 Å². The Morgan fingerprint density at radius 2 is 2.30 bits per heavy atom. The van der Waals surface area contributed by atoms with Crippen LogP contribution in [0.3, 0.4) is 0 Å². The third kappa shape index (κ3) is 2.69. The topological polar surface area (TPSA) is 97.1 Å². The highest BCUT2D eigenvalue weighted by atomic mass is 32.1. The number of aromatic nitrogens is 3. The minimum absolute atomic E-state index is 0.117. The largest absolute Gasteiger partial charge is 0.480 e. The summed E-state index contributed by atoms with van der Waals surface area (Å²) < 4.78 is 1.16. The molecule has 2 aromatic rings. The molecule has 0 radical (unpaired) electrons. The predicted octanol–water partition coefficient (Wildman–Crippen LogP) is 1.55. The number of nitrogens with one attached hydrogen (secondary N) is 1. The number of thiophene rings is 1. The molecular formula is C12H12N4O3S. The molecule has 0 spiro atoms. The molecule has 2 N–H and O–H groups in total. The summed E-state index contributed by atoms with van der Waals surface area (Å²) in [5, 5.41) is 17.0. The van der Waals surface area contributed by atoms with Gasteiger partial charge in [0.1, 0.15) is 12.9 Å². The van der Waals surface area contributed by atoms with E-state index in [1.165, 1.54) is 17.7 Å². The molecule has 8 heteroatoms. The van der Waals surface area contributed by atoms with Crippen molar-refractivity contribution in [3.8, 4) is 0 Å². The number of hydrogen-bond acceptors (Lipinski definition) is 5. The smallest absolute Gasteiger partial charge is 0.325 e. The van der Waals surface area contributed by atoms with Gasteiger partial charge < -0.3 is 5.11 Å². The van der Waals surface area contributed by atoms with Crippen molar-refractivity contribution in [1.82, 2.24) is 14.8 Å². The minimum Gasteiger partial charge on any atom is -0.480 e. The molecular weight excluding hydrogens is 280 g/mol. The van der Waals surface area contributed by atoms with Gasteiger partial charge in [-0.2, -0.15) is 0 Å². The van der Waals surface area contributed by atoms with Gasteiger partial charge in [0.2, 0.25) is 5.95 Å². The standard InChI is InChI=1S/C12H12N4O3S/c17-9(18)5-16-6-13-12(15-16)14-11(19)10-8(3-4-20-10)7-1-2-7/h3-4,6-7H,1-2,5H2,(H,17,18)(H,14,15,19). The van der Waals surface area contributed by atoms with Crippen LogP contribution < -0.4 is 5.32 Å². The van der Waals surface area contributed by atoms with Gasteiger partial charge in [-0.25, -0.2) is 9.67 Å². The van der Waals surface area contributed by atoms with Crippen LogP contribution in [0.1, 0.15) is 34.0 Å². The lowest BCUT2D eigenvalue weighted by atomic mass is 10.1. The zero-order valence-corrected chi connectivity index (χ0v) is 11.3. The van der Waals surface area contributed by atoms with Gasteiger partial charge in [0.15, 0.2) is 0 Å². The number of hydrogen-bond donors (Lipinski definition) is 2. The molecule has 1 fully saturated rings. The summed E-state index contributed by atoms with van der Waals surface area (Å²) in [5.41, 5.74) is 1.08. The van der Waals surface area contributed by atoms with Gasteiger partial charge in [-0.15, -0.1) is 16.4 Å². The first-order valence-electron chi connectivity index (χ1n) is 6.13. The lowest BCUT2D eigenvalue weighted by Gasteiger charge is -2.01. The van der Waals surface area contributed by atoms with Gasteiger partial charge in [-0.3, -0.25) is 14.9 Å². The first-order chi connectivity index (χ1) is 9.63. The molecule has 3 rings (SSSR count). The Morgan fingerprint density at radius 3 is 3.00 bits per heavy atom. The maximum atomic E-state index is 12.2. The van der Waals surface area contributed by atoms with E-state index in [1.54, 1.807) is 0 Å². The Hall–Kier alpha value is -2.22. The van der Waals surface area contributed by atoms with Crippen molar-refractivity contribution in [3.63, 3.8) is 0 Å². The quantitative estimate of drug-likeness (QED) is 0.871. The Balaban J connectivity index is 1.70. The molecule has 0 aliphatic heterocycles. The highest BCUT2D eigenvalue weighted by molar-refractivity contribution is 7.12. The first kappa shape index (κ1) is 12.8. The summed E-state index contributed by atoms with van der Waals surface area (Å²) in [6, 6.07) is 1.98. The number of carbonyl (C=O) groups is 2. The summed E-state index contributed by atoms with van der Waals surface area (Å²) in [4.78, 5) is 27.2. The first-order valence-corrected chi connectivity index (χ1v) is 7.01. The highest BCUT2D eigenvalue weighted by Gasteiger charge is 2.29. The lowest BCUT2D eigenvalue weighted by Crippen LogP contribution is -2.14. The maximum Gasteiger partial charge on any atom is 0.325 e. The van der Waals surface area contributed by atoms with Crippen molar-refractivity contribution in [2.75, 3.05) is 5.32 Å². The van der Waals surface area contributed by atoms with Crippen LogP contribution in [0.25, 0.3) is 0 Å². The van der Waals surface area contributed by atoms with E-state index in [4.69, 9.17) is 5.11 Å². The summed E-state index contributed by atoms with van der Waals surface area (Å²) in [5.74, 6) is -0.636. The van der Waals surface area contributed by atoms with Gasteiger partial charge in [-0.05, 0) is 35.8 Å². The fraction of sp³-hybridized carbons (Fsp3) is 0.333. The van der Waals surface area contributed by atoms with E-state index in [2.05, 4.69) is 15.4 Å². The number of nitrogens with zero attached hydrogens (tertiary/aromatic N) is 3. The normalized spacial score (nSPS) is 14.2. The number of amides is 1. The van der Waals surface area contributed by atoms with Gasteiger partial charge in [0.25, 0.3) is 5.91 Å². The molecule has 1 aliphatic carbocycles. The molecule has 0 saturated heterocycles. The second-order valence-electron chi connectivity index (χ2n) is 4.59. The molecule has 1 amide bonds. The Labute approximate surface area is 118 Å². The maximum absolute atomic E-state index is 12.2. The van der Waals surface area contributed by atoms with Gasteiger partial charge in [-0.1, -0.05) is 0 Å². The van der Waals surface area contributed by atoms with Gasteiger partial charge in [0.05, 0.1) is 4.88 Å². The van der Waals surface area contributed by atoms with Crippen molar-refractivity contribution >= 4 is 29.2 Å². The predicted molar refractivity (Wildman–Crippen MR) is 71.9 cm³/mol. The number of anilines is 1. The van der Waals surface area contributed by atoms with Crippen LogP contribution in [0.4, 0.5) is 5.95 Å². The van der Waals surface area contributed by atoms with E-state index in [1.807, 2.05) is 11.4 Å². The summed E-state index contributed by atoms with van der Waals surface area (Å²) in [7, 11) is 0. The Kier molecular flexibility index (Phi) is 3.23. The van der Waals surface area contributed by atoms with Crippen LogP contribution in [-0.4, -0.2) is 31.7 Å². The second kappa shape index (κ2) is 5.04. The van der Waals surface area contributed by atoms with E-state index in [-0.39, 0.29) is 18.4 Å². The molecule has 104 valence electrons. The van der Waals surface area contributed by atoms with Crippen LogP contribution in [0.2, 0.25) is 0 Å². The monoisotopic (exact) mass is 292 g/mol. The van der Waals surface area contributed by atoms with E-state index in [0.717, 1.165) is 23.1 Å². The summed E-state index contributed by atoms with van der Waals surface area (Å²) >= 11 is 1.39. The fourth-order valence-corrected chi connectivity index (χ4v) is 2.82. The van der Waals surface area contributed by atoms with E-state index in [0.29, 0.717) is 10.8 Å². The molecule has 2 aromatic heterocycles. The number of carboxylic acid groups (broad SMARTS) is 1. The van der Waals surface area contributed by atoms with Crippen LogP contribution in [0, 0.1) is 0 Å². The third-order valence-electron chi connectivity index (χ3n) is 2.98. The number of rotatable bonds is 5. The minimum atomic E-state index is -1.01. The third-order valence-corrected chi connectivity index (χ3v) is 3.91. The van der Waals surface area contributed by atoms with E-state index >= 15 is 0 Å². The van der Waals surface area contributed by atoms with Crippen molar-refractivity contribution in [3.05, 3.63) is 28.2 Å². The highest BCUT2D eigenvalue weighted by Crippen LogP contribution is 2.43. The van der Waals surface area contributed by atoms with Gasteiger partial charge >= 0.3 is 5.97 Å². The van der Waals surface area contributed by atoms with Crippen LogP contribution >= 0.6 is 11.3 Å². The average molecular weight is 292 g/mol. The molecule has 0 atom stereocenters. The fourth-order valence-electron chi connectivity index (χ4n) is 1.94. The van der Waals surface area contributed by atoms with Crippen LogP contribution in [0.15, 0.2) is 17.8 Å². The zero-order valence-electron chi connectivity index (χ0n) is 10.4. The van der Waals surface area contributed by atoms with E-state index in [9.17, 15) is 9.59 Å². The molecule has 0 unspecified atom stereocenters. The van der Waals surface area contributed by atoms with Crippen molar-refractivity contribution in [1.29, 1.82) is 0 Å². The lowest BCUT2D eigenvalue weighted by molar-refractivity contribution is -0.137. The molecule has 7 nitrogen and oxygen atoms in total. The number of aliphatic carboxylic acids is 1. The second-order valence-corrected chi connectivity index (χ2v) is 5.51. The van der Waals surface area contributed by atoms with Gasteiger partial charge in [0, 0.05) is 0 Å². The average Bonchev–Trinajstić information content (AvgIpc) is 2.95. The summed E-state index contributed by atoms with van der Waals surface area (Å²) in [6.45, 7) is -0.283. The number of carboxylic acids is 1. The van der Waals surface area contributed by atoms with Crippen molar-refractivity contribution < 1.29 is 14.7 Å². The Morgan fingerprint density at radius 1 is 1.50 bits per heavy atom. The van der Waals surface area contributed by atoms with Crippen molar-refractivity contribution in [2.24, 2.45) is 0 Å². The zero-order chi connectivity index (χ0) is 14.1. The molecule has 0 bridgehead atoms. The SMILES string of the molecule is O=C(O)Cn1cnc(NC(=O)c2sccc2C2CC2)n1.